The summed E-state index contributed by atoms with van der Waals surface area (Å²) < 4.78 is 47.0. The van der Waals surface area contributed by atoms with Gasteiger partial charge in [-0.3, -0.25) is 9.59 Å². The zero-order valence-electron chi connectivity index (χ0n) is 15.3. The summed E-state index contributed by atoms with van der Waals surface area (Å²) in [7, 11) is 1.55. The topological polar surface area (TPSA) is 80.6 Å². The second-order valence-corrected chi connectivity index (χ2v) is 6.22. The highest BCUT2D eigenvalue weighted by Crippen LogP contribution is 2.26. The number of furan rings is 1. The summed E-state index contributed by atoms with van der Waals surface area (Å²) in [6, 6.07) is 10.8. The molecule has 0 saturated heterocycles. The van der Waals surface area contributed by atoms with Gasteiger partial charge in [-0.15, -0.1) is 0 Å². The lowest BCUT2D eigenvalue weighted by Crippen LogP contribution is -2.33. The number of halogens is 3. The molecule has 0 radical (unpaired) electrons. The molecule has 2 amide bonds. The van der Waals surface area contributed by atoms with Crippen LogP contribution in [0.15, 0.2) is 53.1 Å². The average Bonchev–Trinajstić information content (AvgIpc) is 3.07. The van der Waals surface area contributed by atoms with Crippen LogP contribution in [0.25, 0.3) is 11.0 Å². The molecule has 2 N–H and O–H groups in total. The van der Waals surface area contributed by atoms with Crippen LogP contribution in [0.2, 0.25) is 0 Å². The van der Waals surface area contributed by atoms with E-state index in [-0.39, 0.29) is 17.9 Å². The highest BCUT2D eigenvalue weighted by molar-refractivity contribution is 5.97. The minimum absolute atomic E-state index is 0.0574. The van der Waals surface area contributed by atoms with Crippen LogP contribution < -0.4 is 15.4 Å². The van der Waals surface area contributed by atoms with Crippen molar-refractivity contribution in [3.63, 3.8) is 0 Å². The standard InChI is InChI=1S/C20H17F3N2O4/c1-28-15-6-7-16-13(10-29-17(16)9-15)8-18(26)25-14-4-2-12(3-5-14)19(27)24-11-20(21,22)23/h2-7,9-10H,8,11H2,1H3,(H,24,27)(H,25,26). The molecular weight excluding hydrogens is 389 g/mol. The normalized spacial score (nSPS) is 11.3. The summed E-state index contributed by atoms with van der Waals surface area (Å²) in [5.41, 5.74) is 1.77. The van der Waals surface area contributed by atoms with E-state index in [1.165, 1.54) is 30.5 Å². The van der Waals surface area contributed by atoms with E-state index in [9.17, 15) is 22.8 Å². The first-order valence-corrected chi connectivity index (χ1v) is 8.54. The van der Waals surface area contributed by atoms with Crippen LogP contribution in [0.3, 0.4) is 0 Å². The van der Waals surface area contributed by atoms with Crippen molar-refractivity contribution in [1.82, 2.24) is 5.32 Å². The number of methoxy groups -OCH3 is 1. The molecule has 2 aromatic carbocycles. The Bertz CT molecular complexity index is 1030. The maximum absolute atomic E-state index is 12.3. The fraction of sp³-hybridized carbons (Fsp3) is 0.200. The lowest BCUT2D eigenvalue weighted by Gasteiger charge is -2.09. The van der Waals surface area contributed by atoms with Crippen molar-refractivity contribution in [3.05, 3.63) is 59.9 Å². The molecule has 29 heavy (non-hydrogen) atoms. The predicted molar refractivity (Wildman–Crippen MR) is 99.9 cm³/mol. The van der Waals surface area contributed by atoms with E-state index in [0.717, 1.165) is 5.39 Å². The molecule has 9 heteroatoms. The first-order chi connectivity index (χ1) is 13.7. The van der Waals surface area contributed by atoms with Crippen LogP contribution >= 0.6 is 0 Å². The maximum atomic E-state index is 12.3. The minimum Gasteiger partial charge on any atom is -0.497 e. The molecule has 3 aromatic rings. The number of alkyl halides is 3. The SMILES string of the molecule is COc1ccc2c(CC(=O)Nc3ccc(C(=O)NCC(F)(F)F)cc3)coc2c1. The molecule has 3 rings (SSSR count). The van der Waals surface area contributed by atoms with Gasteiger partial charge in [0.25, 0.3) is 5.91 Å². The van der Waals surface area contributed by atoms with Crippen molar-refractivity contribution < 1.29 is 31.9 Å². The number of carbonyl (C=O) groups is 2. The molecule has 0 spiro atoms. The largest absolute Gasteiger partial charge is 0.497 e. The van der Waals surface area contributed by atoms with E-state index in [2.05, 4.69) is 5.32 Å². The quantitative estimate of drug-likeness (QED) is 0.650. The molecule has 0 saturated carbocycles. The second kappa shape index (κ2) is 8.26. The van der Waals surface area contributed by atoms with Crippen LogP contribution in [0, 0.1) is 0 Å². The average molecular weight is 406 g/mol. The Morgan fingerprint density at radius 3 is 2.48 bits per heavy atom. The lowest BCUT2D eigenvalue weighted by atomic mass is 10.1. The van der Waals surface area contributed by atoms with Gasteiger partial charge in [-0.05, 0) is 36.4 Å². The van der Waals surface area contributed by atoms with Gasteiger partial charge in [0.1, 0.15) is 17.9 Å². The summed E-state index contributed by atoms with van der Waals surface area (Å²) in [6.45, 7) is -1.41. The van der Waals surface area contributed by atoms with E-state index in [4.69, 9.17) is 9.15 Å². The fourth-order valence-corrected chi connectivity index (χ4v) is 2.69. The van der Waals surface area contributed by atoms with Gasteiger partial charge >= 0.3 is 6.18 Å². The summed E-state index contributed by atoms with van der Waals surface area (Å²) in [4.78, 5) is 24.0. The maximum Gasteiger partial charge on any atom is 0.405 e. The van der Waals surface area contributed by atoms with Crippen molar-refractivity contribution in [1.29, 1.82) is 0 Å². The second-order valence-electron chi connectivity index (χ2n) is 6.22. The number of nitrogens with one attached hydrogen (secondary N) is 2. The molecule has 0 fully saturated rings. The van der Waals surface area contributed by atoms with Crippen molar-refractivity contribution >= 4 is 28.5 Å². The monoisotopic (exact) mass is 406 g/mol. The summed E-state index contributed by atoms with van der Waals surface area (Å²) >= 11 is 0. The van der Waals surface area contributed by atoms with Crippen LogP contribution in [0.4, 0.5) is 18.9 Å². The Morgan fingerprint density at radius 1 is 1.10 bits per heavy atom. The number of hydrogen-bond acceptors (Lipinski definition) is 4. The molecule has 0 aliphatic carbocycles. The van der Waals surface area contributed by atoms with Gasteiger partial charge in [0.15, 0.2) is 0 Å². The number of fused-ring (bicyclic) bond motifs is 1. The zero-order chi connectivity index (χ0) is 21.0. The molecule has 0 unspecified atom stereocenters. The Hall–Kier alpha value is -3.49. The molecule has 0 atom stereocenters. The molecule has 1 aromatic heterocycles. The van der Waals surface area contributed by atoms with Crippen LogP contribution in [0.5, 0.6) is 5.75 Å². The van der Waals surface area contributed by atoms with Gasteiger partial charge in [0.05, 0.1) is 19.8 Å². The van der Waals surface area contributed by atoms with E-state index in [0.29, 0.717) is 22.6 Å². The van der Waals surface area contributed by atoms with Crippen molar-refractivity contribution in [3.8, 4) is 5.75 Å². The molecule has 6 nitrogen and oxygen atoms in total. The van der Waals surface area contributed by atoms with Gasteiger partial charge < -0.3 is 19.8 Å². The van der Waals surface area contributed by atoms with Crippen molar-refractivity contribution in [2.24, 2.45) is 0 Å². The minimum atomic E-state index is -4.48. The van der Waals surface area contributed by atoms with E-state index in [1.54, 1.807) is 30.6 Å². The summed E-state index contributed by atoms with van der Waals surface area (Å²) in [6.07, 6.45) is -2.92. The van der Waals surface area contributed by atoms with E-state index >= 15 is 0 Å². The van der Waals surface area contributed by atoms with Gasteiger partial charge in [-0.1, -0.05) is 0 Å². The lowest BCUT2D eigenvalue weighted by molar-refractivity contribution is -0.123. The number of anilines is 1. The van der Waals surface area contributed by atoms with E-state index < -0.39 is 18.6 Å². The first-order valence-electron chi connectivity index (χ1n) is 8.54. The first kappa shape index (κ1) is 20.2. The number of carbonyl (C=O) groups excluding carboxylic acids is 2. The summed E-state index contributed by atoms with van der Waals surface area (Å²) in [5.74, 6) is -0.513. The Balaban J connectivity index is 1.60. The molecule has 0 aliphatic rings. The van der Waals surface area contributed by atoms with Crippen LogP contribution in [-0.2, 0) is 11.2 Å². The van der Waals surface area contributed by atoms with Gasteiger partial charge in [-0.25, -0.2) is 0 Å². The number of hydrogen-bond donors (Lipinski definition) is 2. The Kier molecular flexibility index (Phi) is 5.76. The van der Waals surface area contributed by atoms with Gasteiger partial charge in [-0.2, -0.15) is 13.2 Å². The highest BCUT2D eigenvalue weighted by atomic mass is 19.4. The summed E-state index contributed by atoms with van der Waals surface area (Å²) in [5, 5.41) is 5.25. The molecular formula is C20H17F3N2O4. The van der Waals surface area contributed by atoms with Crippen molar-refractivity contribution in [2.45, 2.75) is 12.6 Å². The number of ether oxygens (including phenoxy) is 1. The number of benzene rings is 2. The van der Waals surface area contributed by atoms with E-state index in [1.807, 2.05) is 0 Å². The Labute approximate surface area is 163 Å². The van der Waals surface area contributed by atoms with Crippen molar-refractivity contribution in [2.75, 3.05) is 19.0 Å². The predicted octanol–water partition coefficient (Wildman–Crippen LogP) is 3.91. The number of amides is 2. The third-order valence-electron chi connectivity index (χ3n) is 4.09. The molecule has 0 bridgehead atoms. The molecule has 1 heterocycles. The Morgan fingerprint density at radius 2 is 1.83 bits per heavy atom. The third kappa shape index (κ3) is 5.28. The molecule has 152 valence electrons. The number of rotatable bonds is 6. The van der Waals surface area contributed by atoms with Gasteiger partial charge in [0.2, 0.25) is 5.91 Å². The molecule has 0 aliphatic heterocycles. The van der Waals surface area contributed by atoms with Crippen LogP contribution in [-0.4, -0.2) is 31.6 Å². The van der Waals surface area contributed by atoms with Gasteiger partial charge in [0, 0.05) is 28.3 Å². The smallest absolute Gasteiger partial charge is 0.405 e. The highest BCUT2D eigenvalue weighted by Gasteiger charge is 2.27. The third-order valence-corrected chi connectivity index (χ3v) is 4.09. The zero-order valence-corrected chi connectivity index (χ0v) is 15.3. The fourth-order valence-electron chi connectivity index (χ4n) is 2.69. The van der Waals surface area contributed by atoms with Crippen LogP contribution in [0.1, 0.15) is 15.9 Å².